The van der Waals surface area contributed by atoms with Crippen LogP contribution in [0, 0.1) is 0 Å². The smallest absolute Gasteiger partial charge is 0.133 e. The van der Waals surface area contributed by atoms with Crippen LogP contribution in [0.25, 0.3) is 0 Å². The van der Waals surface area contributed by atoms with Crippen LogP contribution in [0.4, 0.5) is 0 Å². The van der Waals surface area contributed by atoms with Gasteiger partial charge in [0.15, 0.2) is 0 Å². The zero-order valence-electron chi connectivity index (χ0n) is 10.1. The van der Waals surface area contributed by atoms with Crippen LogP contribution in [0.15, 0.2) is 16.6 Å². The molecule has 0 radical (unpaired) electrons. The fraction of sp³-hybridized carbons (Fsp3) is 0.400. The lowest BCUT2D eigenvalue weighted by atomic mass is 10.1. The minimum absolute atomic E-state index is 0.0693. The predicted octanol–water partition coefficient (Wildman–Crippen LogP) is 1.97. The number of halogens is 1. The molecule has 2 N–H and O–H groups in total. The first-order chi connectivity index (χ1) is 7.37. The van der Waals surface area contributed by atoms with Gasteiger partial charge in [-0.25, -0.2) is 0 Å². The van der Waals surface area contributed by atoms with Crippen LogP contribution in [0.5, 0.6) is 11.5 Å². The molecule has 0 saturated carbocycles. The fourth-order valence-corrected chi connectivity index (χ4v) is 1.66. The van der Waals surface area contributed by atoms with Crippen molar-refractivity contribution in [3.05, 3.63) is 22.2 Å². The van der Waals surface area contributed by atoms with E-state index in [0.717, 1.165) is 4.47 Å². The largest absolute Gasteiger partial charge is 0.496 e. The topological polar surface area (TPSA) is 44.5 Å². The molecule has 3 nitrogen and oxygen atoms in total. The number of aryl methyl sites for hydroxylation is 1. The first kappa shape index (κ1) is 8.56. The van der Waals surface area contributed by atoms with E-state index >= 15 is 0 Å². The molecule has 1 aromatic carbocycles. The summed E-state index contributed by atoms with van der Waals surface area (Å²) in [5.41, 5.74) is 6.02. The van der Waals surface area contributed by atoms with Crippen molar-refractivity contribution in [3.8, 4) is 11.5 Å². The average molecular weight is 262 g/mol. The highest BCUT2D eigenvalue weighted by Gasteiger charge is 2.08. The second-order valence-corrected chi connectivity index (χ2v) is 3.53. The van der Waals surface area contributed by atoms with Gasteiger partial charge in [-0.1, -0.05) is 0 Å². The molecule has 0 heterocycles. The Bertz CT molecular complexity index is 380. The van der Waals surface area contributed by atoms with Crippen molar-refractivity contribution >= 4 is 15.9 Å². The van der Waals surface area contributed by atoms with Gasteiger partial charge in [-0.05, 0) is 46.5 Å². The highest BCUT2D eigenvalue weighted by molar-refractivity contribution is 9.10. The zero-order chi connectivity index (χ0) is 12.3. The van der Waals surface area contributed by atoms with Crippen molar-refractivity contribution in [1.29, 1.82) is 0 Å². The van der Waals surface area contributed by atoms with E-state index in [2.05, 4.69) is 15.9 Å². The van der Waals surface area contributed by atoms with Crippen molar-refractivity contribution in [2.75, 3.05) is 20.7 Å². The third-order valence-corrected chi connectivity index (χ3v) is 2.47. The first-order valence-electron chi connectivity index (χ1n) is 5.06. The summed E-state index contributed by atoms with van der Waals surface area (Å²) in [6, 6.07) is 3.45. The SMILES string of the molecule is [2H]C([2H])(N)Cc1cc(OC)c(Br)cc1OC. The van der Waals surface area contributed by atoms with Crippen molar-refractivity contribution < 1.29 is 12.2 Å². The lowest BCUT2D eigenvalue weighted by Crippen LogP contribution is -2.04. The number of methoxy groups -OCH3 is 2. The molecule has 0 aliphatic carbocycles. The minimum atomic E-state index is -1.77. The third kappa shape index (κ3) is 2.39. The van der Waals surface area contributed by atoms with E-state index in [4.69, 9.17) is 17.9 Å². The average Bonchev–Trinajstić information content (AvgIpc) is 2.18. The molecule has 0 saturated heterocycles. The molecule has 0 bridgehead atoms. The van der Waals surface area contributed by atoms with Crippen molar-refractivity contribution in [1.82, 2.24) is 0 Å². The summed E-state index contributed by atoms with van der Waals surface area (Å²) >= 11 is 3.33. The summed E-state index contributed by atoms with van der Waals surface area (Å²) in [6.07, 6.45) is 0.0693. The summed E-state index contributed by atoms with van der Waals surface area (Å²) in [5, 5.41) is 0. The van der Waals surface area contributed by atoms with Gasteiger partial charge in [-0.15, -0.1) is 0 Å². The second-order valence-electron chi connectivity index (χ2n) is 2.68. The third-order valence-electron chi connectivity index (χ3n) is 1.85. The molecule has 0 atom stereocenters. The Morgan fingerprint density at radius 3 is 2.50 bits per heavy atom. The maximum atomic E-state index is 7.36. The fourth-order valence-electron chi connectivity index (χ4n) is 1.17. The number of rotatable bonds is 4. The van der Waals surface area contributed by atoms with Gasteiger partial charge in [-0.3, -0.25) is 0 Å². The van der Waals surface area contributed by atoms with Crippen molar-refractivity contribution in [2.24, 2.45) is 5.73 Å². The number of hydrogen-bond donors (Lipinski definition) is 1. The van der Waals surface area contributed by atoms with E-state index in [9.17, 15) is 0 Å². The van der Waals surface area contributed by atoms with Gasteiger partial charge in [-0.2, -0.15) is 0 Å². The Morgan fingerprint density at radius 2 is 2.00 bits per heavy atom. The first-order valence-corrected chi connectivity index (χ1v) is 4.86. The molecule has 4 heteroatoms. The zero-order valence-corrected chi connectivity index (χ0v) is 9.72. The van der Waals surface area contributed by atoms with Crippen LogP contribution < -0.4 is 15.2 Å². The standard InChI is InChI=1S/C10H14BrNO2/c1-13-9-6-8(11)10(14-2)5-7(9)3-4-12/h5-6H,3-4,12H2,1-2H3/i4D2. The van der Waals surface area contributed by atoms with E-state index < -0.39 is 6.50 Å². The van der Waals surface area contributed by atoms with Crippen molar-refractivity contribution in [2.45, 2.75) is 6.42 Å². The van der Waals surface area contributed by atoms with Gasteiger partial charge in [0.1, 0.15) is 11.5 Å². The van der Waals surface area contributed by atoms with E-state index in [0.29, 0.717) is 17.1 Å². The molecule has 0 unspecified atom stereocenters. The number of nitrogens with two attached hydrogens (primary N) is 1. The summed E-state index contributed by atoms with van der Waals surface area (Å²) in [5.74, 6) is 1.21. The van der Waals surface area contributed by atoms with Crippen molar-refractivity contribution in [3.63, 3.8) is 0 Å². The molecule has 1 aromatic rings. The van der Waals surface area contributed by atoms with Crippen LogP contribution in [0.3, 0.4) is 0 Å². The summed E-state index contributed by atoms with van der Waals surface area (Å²) in [6.45, 7) is -1.77. The summed E-state index contributed by atoms with van der Waals surface area (Å²) in [7, 11) is 3.08. The molecular formula is C10H14BrNO2. The molecule has 0 amide bonds. The molecule has 0 fully saturated rings. The Balaban J connectivity index is 3.15. The van der Waals surface area contributed by atoms with Gasteiger partial charge in [0.05, 0.1) is 18.7 Å². The quantitative estimate of drug-likeness (QED) is 0.902. The normalized spacial score (nSPS) is 13.1. The molecule has 0 spiro atoms. The Hall–Kier alpha value is -0.740. The highest BCUT2D eigenvalue weighted by atomic mass is 79.9. The minimum Gasteiger partial charge on any atom is -0.496 e. The lowest BCUT2D eigenvalue weighted by molar-refractivity contribution is 0.397. The van der Waals surface area contributed by atoms with Crippen LogP contribution in [0.2, 0.25) is 0 Å². The maximum Gasteiger partial charge on any atom is 0.133 e. The highest BCUT2D eigenvalue weighted by Crippen LogP contribution is 2.32. The molecule has 0 aliphatic heterocycles. The van der Waals surface area contributed by atoms with E-state index in [1.54, 1.807) is 19.2 Å². The summed E-state index contributed by atoms with van der Waals surface area (Å²) < 4.78 is 25.8. The van der Waals surface area contributed by atoms with Gasteiger partial charge >= 0.3 is 0 Å². The Labute approximate surface area is 95.1 Å². The van der Waals surface area contributed by atoms with Crippen LogP contribution in [-0.4, -0.2) is 20.7 Å². The molecule has 0 aliphatic rings. The Kier molecular flexibility index (Phi) is 3.19. The van der Waals surface area contributed by atoms with Gasteiger partial charge in [0.25, 0.3) is 0 Å². The molecule has 1 rings (SSSR count). The molecular weight excluding hydrogens is 246 g/mol. The van der Waals surface area contributed by atoms with Gasteiger partial charge in [0.2, 0.25) is 0 Å². The molecule has 14 heavy (non-hydrogen) atoms. The maximum absolute atomic E-state index is 7.36. The lowest BCUT2D eigenvalue weighted by Gasteiger charge is -2.11. The van der Waals surface area contributed by atoms with E-state index in [-0.39, 0.29) is 6.42 Å². The predicted molar refractivity (Wildman–Crippen MR) is 60.0 cm³/mol. The van der Waals surface area contributed by atoms with Gasteiger partial charge in [0, 0.05) is 2.74 Å². The number of hydrogen-bond acceptors (Lipinski definition) is 3. The van der Waals surface area contributed by atoms with E-state index in [1.807, 2.05) is 0 Å². The van der Waals surface area contributed by atoms with Gasteiger partial charge < -0.3 is 15.2 Å². The van der Waals surface area contributed by atoms with E-state index in [1.165, 1.54) is 7.11 Å². The van der Waals surface area contributed by atoms with Crippen LogP contribution >= 0.6 is 15.9 Å². The van der Waals surface area contributed by atoms with Crippen LogP contribution in [-0.2, 0) is 6.42 Å². The number of benzene rings is 1. The molecule has 0 aromatic heterocycles. The summed E-state index contributed by atoms with van der Waals surface area (Å²) in [4.78, 5) is 0. The number of ether oxygens (including phenoxy) is 2. The molecule has 78 valence electrons. The second kappa shape index (κ2) is 5.22. The monoisotopic (exact) mass is 261 g/mol. The Morgan fingerprint density at radius 1 is 1.36 bits per heavy atom. The van der Waals surface area contributed by atoms with Crippen LogP contribution in [0.1, 0.15) is 8.30 Å².